The highest BCUT2D eigenvalue weighted by atomic mass is 16.5. The van der Waals surface area contributed by atoms with Gasteiger partial charge >= 0.3 is 0 Å². The number of methoxy groups -OCH3 is 2. The number of nitrogens with zero attached hydrogens (tertiary/aromatic N) is 4. The Morgan fingerprint density at radius 3 is 2.26 bits per heavy atom. The van der Waals surface area contributed by atoms with Gasteiger partial charge in [-0.2, -0.15) is 10.1 Å². The summed E-state index contributed by atoms with van der Waals surface area (Å²) >= 11 is 0. The average molecular weight is 455 g/mol. The minimum Gasteiger partial charge on any atom is -0.497 e. The molecule has 0 spiro atoms. The van der Waals surface area contributed by atoms with Crippen LogP contribution in [0.4, 0.5) is 5.95 Å². The molecule has 0 N–H and O–H groups in total. The van der Waals surface area contributed by atoms with Crippen molar-refractivity contribution in [3.05, 3.63) is 101 Å². The Kier molecular flexibility index (Phi) is 5.76. The van der Waals surface area contributed by atoms with Crippen LogP contribution in [0.15, 0.2) is 79.1 Å². The molecular weight excluding hydrogens is 428 g/mol. The van der Waals surface area contributed by atoms with Crippen molar-refractivity contribution in [2.24, 2.45) is 0 Å². The van der Waals surface area contributed by atoms with Crippen molar-refractivity contribution in [1.29, 1.82) is 0 Å². The van der Waals surface area contributed by atoms with Crippen molar-refractivity contribution >= 4 is 11.9 Å². The normalized spacial score (nSPS) is 17.2. The average Bonchev–Trinajstić information content (AvgIpc) is 3.38. The molecule has 34 heavy (non-hydrogen) atoms. The van der Waals surface area contributed by atoms with Gasteiger partial charge in [0, 0.05) is 0 Å². The van der Waals surface area contributed by atoms with E-state index in [4.69, 9.17) is 9.47 Å². The summed E-state index contributed by atoms with van der Waals surface area (Å²) in [5.41, 5.74) is 3.77. The molecule has 4 aromatic rings. The number of rotatable bonds is 5. The standard InChI is InChI=1S/C27H26N4O3/c1-18-8-10-19(11-9-18)23-16-24(20-12-14-21(33-2)15-13-20)31-27(28-17-29-31)30(23)26(32)22-6-4-5-7-25(22)34-3/h4-15,17,23-24H,16H2,1-3H3. The molecule has 0 radical (unpaired) electrons. The van der Waals surface area contributed by atoms with E-state index in [1.165, 1.54) is 6.33 Å². The summed E-state index contributed by atoms with van der Waals surface area (Å²) < 4.78 is 12.7. The lowest BCUT2D eigenvalue weighted by Gasteiger charge is -2.39. The van der Waals surface area contributed by atoms with Gasteiger partial charge < -0.3 is 9.47 Å². The summed E-state index contributed by atoms with van der Waals surface area (Å²) in [5.74, 6) is 1.65. The van der Waals surface area contributed by atoms with E-state index in [0.29, 0.717) is 23.7 Å². The lowest BCUT2D eigenvalue weighted by atomic mass is 9.91. The maximum atomic E-state index is 14.0. The summed E-state index contributed by atoms with van der Waals surface area (Å²) in [7, 11) is 3.22. The highest BCUT2D eigenvalue weighted by Crippen LogP contribution is 2.43. The second-order valence-corrected chi connectivity index (χ2v) is 8.33. The zero-order valence-corrected chi connectivity index (χ0v) is 19.4. The van der Waals surface area contributed by atoms with Gasteiger partial charge in [0.25, 0.3) is 5.91 Å². The van der Waals surface area contributed by atoms with E-state index in [9.17, 15) is 4.79 Å². The lowest BCUT2D eigenvalue weighted by molar-refractivity contribution is 0.0960. The van der Waals surface area contributed by atoms with Crippen molar-refractivity contribution in [1.82, 2.24) is 14.8 Å². The fraction of sp³-hybridized carbons (Fsp3) is 0.222. The van der Waals surface area contributed by atoms with Crippen LogP contribution < -0.4 is 14.4 Å². The molecule has 5 rings (SSSR count). The molecule has 7 heteroatoms. The van der Waals surface area contributed by atoms with Gasteiger partial charge in [-0.3, -0.25) is 9.69 Å². The molecule has 1 aromatic heterocycles. The van der Waals surface area contributed by atoms with Crippen LogP contribution in [-0.2, 0) is 0 Å². The van der Waals surface area contributed by atoms with E-state index in [-0.39, 0.29) is 18.0 Å². The Bertz CT molecular complexity index is 1300. The quantitative estimate of drug-likeness (QED) is 0.425. The topological polar surface area (TPSA) is 69.5 Å². The number of carbonyl (C=O) groups is 1. The summed E-state index contributed by atoms with van der Waals surface area (Å²) in [4.78, 5) is 20.2. The van der Waals surface area contributed by atoms with Crippen molar-refractivity contribution in [3.8, 4) is 11.5 Å². The number of aryl methyl sites for hydroxylation is 1. The SMILES string of the molecule is COc1ccc(C2CC(c3ccc(C)cc3)N(C(=O)c3ccccc3OC)c3ncnn32)cc1. The monoisotopic (exact) mass is 454 g/mol. The van der Waals surface area contributed by atoms with E-state index < -0.39 is 0 Å². The molecule has 172 valence electrons. The number of para-hydroxylation sites is 1. The number of carbonyl (C=O) groups excluding carboxylic acids is 1. The first-order valence-corrected chi connectivity index (χ1v) is 11.2. The fourth-order valence-electron chi connectivity index (χ4n) is 4.55. The number of aromatic nitrogens is 3. The summed E-state index contributed by atoms with van der Waals surface area (Å²) in [6.07, 6.45) is 2.15. The Hall–Kier alpha value is -4.13. The minimum absolute atomic E-state index is 0.0866. The molecule has 0 bridgehead atoms. The van der Waals surface area contributed by atoms with Gasteiger partial charge in [-0.15, -0.1) is 0 Å². The predicted molar refractivity (Wildman–Crippen MR) is 129 cm³/mol. The zero-order valence-electron chi connectivity index (χ0n) is 19.4. The van der Waals surface area contributed by atoms with Gasteiger partial charge in [0.2, 0.25) is 5.95 Å². The molecule has 2 heterocycles. The van der Waals surface area contributed by atoms with Crippen LogP contribution >= 0.6 is 0 Å². The Labute approximate surface area is 198 Å². The third-order valence-electron chi connectivity index (χ3n) is 6.34. The van der Waals surface area contributed by atoms with E-state index in [1.54, 1.807) is 31.3 Å². The zero-order chi connectivity index (χ0) is 23.7. The first-order valence-electron chi connectivity index (χ1n) is 11.2. The van der Waals surface area contributed by atoms with Crippen LogP contribution in [0.2, 0.25) is 0 Å². The summed E-state index contributed by atoms with van der Waals surface area (Å²) in [5, 5.41) is 4.52. The molecule has 0 fully saturated rings. The summed E-state index contributed by atoms with van der Waals surface area (Å²) in [6.45, 7) is 2.05. The fourth-order valence-corrected chi connectivity index (χ4v) is 4.55. The third-order valence-corrected chi connectivity index (χ3v) is 6.34. The Balaban J connectivity index is 1.64. The van der Waals surface area contributed by atoms with Gasteiger partial charge in [0.05, 0.1) is 31.9 Å². The molecule has 0 saturated heterocycles. The number of hydrogen-bond donors (Lipinski definition) is 0. The maximum absolute atomic E-state index is 14.0. The maximum Gasteiger partial charge on any atom is 0.264 e. The minimum atomic E-state index is -0.234. The van der Waals surface area contributed by atoms with Gasteiger partial charge in [0.15, 0.2) is 0 Å². The first kappa shape index (κ1) is 21.7. The van der Waals surface area contributed by atoms with Gasteiger partial charge in [-0.1, -0.05) is 54.1 Å². The van der Waals surface area contributed by atoms with Crippen LogP contribution in [0, 0.1) is 6.92 Å². The molecule has 2 unspecified atom stereocenters. The molecule has 1 amide bonds. The number of anilines is 1. The van der Waals surface area contributed by atoms with Crippen LogP contribution in [0.25, 0.3) is 0 Å². The van der Waals surface area contributed by atoms with Gasteiger partial charge in [0.1, 0.15) is 17.8 Å². The van der Waals surface area contributed by atoms with E-state index in [0.717, 1.165) is 22.4 Å². The number of hydrogen-bond acceptors (Lipinski definition) is 5. The lowest BCUT2D eigenvalue weighted by Crippen LogP contribution is -2.42. The van der Waals surface area contributed by atoms with E-state index in [2.05, 4.69) is 41.3 Å². The number of ether oxygens (including phenoxy) is 2. The van der Waals surface area contributed by atoms with Crippen LogP contribution in [-0.4, -0.2) is 34.9 Å². The number of benzene rings is 3. The highest BCUT2D eigenvalue weighted by molar-refractivity contribution is 6.07. The summed E-state index contributed by atoms with van der Waals surface area (Å²) in [6, 6.07) is 23.2. The van der Waals surface area contributed by atoms with Crippen molar-refractivity contribution in [2.75, 3.05) is 19.1 Å². The van der Waals surface area contributed by atoms with Gasteiger partial charge in [-0.25, -0.2) is 4.68 Å². The molecule has 3 aromatic carbocycles. The second kappa shape index (κ2) is 9.02. The largest absolute Gasteiger partial charge is 0.497 e. The van der Waals surface area contributed by atoms with E-state index >= 15 is 0 Å². The van der Waals surface area contributed by atoms with E-state index in [1.807, 2.05) is 41.1 Å². The predicted octanol–water partition coefficient (Wildman–Crippen LogP) is 4.98. The first-order chi connectivity index (χ1) is 16.6. The molecule has 0 aliphatic carbocycles. The molecule has 1 aliphatic heterocycles. The Morgan fingerprint density at radius 2 is 1.56 bits per heavy atom. The molecule has 2 atom stereocenters. The second-order valence-electron chi connectivity index (χ2n) is 8.33. The smallest absolute Gasteiger partial charge is 0.264 e. The number of amides is 1. The molecule has 0 saturated carbocycles. The van der Waals surface area contributed by atoms with Crippen LogP contribution in [0.3, 0.4) is 0 Å². The van der Waals surface area contributed by atoms with Crippen molar-refractivity contribution < 1.29 is 14.3 Å². The Morgan fingerprint density at radius 1 is 0.882 bits per heavy atom. The van der Waals surface area contributed by atoms with Gasteiger partial charge in [-0.05, 0) is 48.7 Å². The molecule has 1 aliphatic rings. The van der Waals surface area contributed by atoms with Crippen molar-refractivity contribution in [2.45, 2.75) is 25.4 Å². The van der Waals surface area contributed by atoms with Crippen molar-refractivity contribution in [3.63, 3.8) is 0 Å². The van der Waals surface area contributed by atoms with Crippen LogP contribution in [0.1, 0.15) is 45.6 Å². The number of fused-ring (bicyclic) bond motifs is 1. The third kappa shape index (κ3) is 3.79. The molecule has 7 nitrogen and oxygen atoms in total. The highest BCUT2D eigenvalue weighted by Gasteiger charge is 2.40. The molecular formula is C27H26N4O3. The van der Waals surface area contributed by atoms with Crippen LogP contribution in [0.5, 0.6) is 11.5 Å².